The van der Waals surface area contributed by atoms with Gasteiger partial charge in [-0.1, -0.05) is 37.6 Å². The third-order valence-corrected chi connectivity index (χ3v) is 2.45. The lowest BCUT2D eigenvalue weighted by Gasteiger charge is -2.12. The van der Waals surface area contributed by atoms with Gasteiger partial charge in [0.05, 0.1) is 0 Å². The molecule has 1 nitrogen and oxygen atoms in total. The van der Waals surface area contributed by atoms with Gasteiger partial charge >= 0.3 is 0 Å². The molecule has 0 N–H and O–H groups in total. The van der Waals surface area contributed by atoms with E-state index < -0.39 is 0 Å². The molecule has 0 aliphatic rings. The zero-order valence-corrected chi connectivity index (χ0v) is 9.21. The summed E-state index contributed by atoms with van der Waals surface area (Å²) in [7, 11) is 0. The summed E-state index contributed by atoms with van der Waals surface area (Å²) in [6.07, 6.45) is 2.49. The van der Waals surface area contributed by atoms with Gasteiger partial charge in [0.1, 0.15) is 6.29 Å². The SMILES string of the molecule is Cc1ccc(CCC=O)c(C(C)C)c1. The van der Waals surface area contributed by atoms with E-state index in [4.69, 9.17) is 0 Å². The summed E-state index contributed by atoms with van der Waals surface area (Å²) in [5, 5.41) is 0. The molecule has 14 heavy (non-hydrogen) atoms. The van der Waals surface area contributed by atoms with Crippen LogP contribution in [-0.4, -0.2) is 6.29 Å². The van der Waals surface area contributed by atoms with Gasteiger partial charge in [-0.2, -0.15) is 0 Å². The van der Waals surface area contributed by atoms with E-state index in [1.807, 2.05) is 0 Å². The first-order valence-corrected chi connectivity index (χ1v) is 5.18. The molecule has 0 aliphatic carbocycles. The summed E-state index contributed by atoms with van der Waals surface area (Å²) in [5.74, 6) is 0.538. The number of benzene rings is 1. The zero-order chi connectivity index (χ0) is 10.6. The largest absolute Gasteiger partial charge is 0.303 e. The second-order valence-corrected chi connectivity index (χ2v) is 4.06. The van der Waals surface area contributed by atoms with Gasteiger partial charge in [0.25, 0.3) is 0 Å². The fraction of sp³-hybridized carbons (Fsp3) is 0.462. The number of carbonyl (C=O) groups is 1. The molecule has 0 aromatic heterocycles. The van der Waals surface area contributed by atoms with Crippen molar-refractivity contribution in [3.63, 3.8) is 0 Å². The quantitative estimate of drug-likeness (QED) is 0.666. The first-order chi connectivity index (χ1) is 6.65. The second-order valence-electron chi connectivity index (χ2n) is 4.06. The minimum atomic E-state index is 0.538. The first-order valence-electron chi connectivity index (χ1n) is 5.18. The number of carbonyl (C=O) groups excluding carboxylic acids is 1. The lowest BCUT2D eigenvalue weighted by molar-refractivity contribution is -0.107. The predicted molar refractivity (Wildman–Crippen MR) is 59.7 cm³/mol. The highest BCUT2D eigenvalue weighted by atomic mass is 16.1. The molecule has 1 heteroatoms. The number of rotatable bonds is 4. The molecule has 1 rings (SSSR count). The Morgan fingerprint density at radius 2 is 2.07 bits per heavy atom. The van der Waals surface area contributed by atoms with Crippen LogP contribution in [0.2, 0.25) is 0 Å². The van der Waals surface area contributed by atoms with Crippen LogP contribution in [0.25, 0.3) is 0 Å². The molecule has 1 aromatic rings. The molecule has 0 amide bonds. The summed E-state index contributed by atoms with van der Waals surface area (Å²) < 4.78 is 0. The molecule has 0 saturated carbocycles. The Morgan fingerprint density at radius 3 is 2.64 bits per heavy atom. The van der Waals surface area contributed by atoms with Crippen LogP contribution in [0.1, 0.15) is 42.9 Å². The molecule has 76 valence electrons. The lowest BCUT2D eigenvalue weighted by atomic mass is 9.93. The fourth-order valence-electron chi connectivity index (χ4n) is 1.69. The minimum Gasteiger partial charge on any atom is -0.303 e. The lowest BCUT2D eigenvalue weighted by Crippen LogP contribution is -1.97. The maximum absolute atomic E-state index is 10.3. The van der Waals surface area contributed by atoms with Gasteiger partial charge in [-0.25, -0.2) is 0 Å². The molecule has 0 bridgehead atoms. The Kier molecular flexibility index (Phi) is 3.87. The van der Waals surface area contributed by atoms with E-state index in [9.17, 15) is 4.79 Å². The van der Waals surface area contributed by atoms with Crippen LogP contribution in [0.4, 0.5) is 0 Å². The molecule has 0 aliphatic heterocycles. The van der Waals surface area contributed by atoms with Gasteiger partial charge in [0.2, 0.25) is 0 Å². The van der Waals surface area contributed by atoms with Gasteiger partial charge in [-0.15, -0.1) is 0 Å². The maximum atomic E-state index is 10.3. The van der Waals surface area contributed by atoms with Crippen molar-refractivity contribution in [3.8, 4) is 0 Å². The summed E-state index contributed by atoms with van der Waals surface area (Å²) in [6.45, 7) is 6.49. The van der Waals surface area contributed by atoms with Crippen molar-refractivity contribution in [2.75, 3.05) is 0 Å². The highest BCUT2D eigenvalue weighted by Gasteiger charge is 2.06. The molecular weight excluding hydrogens is 172 g/mol. The standard InChI is InChI=1S/C13H18O/c1-10(2)13-9-11(3)6-7-12(13)5-4-8-14/h6-10H,4-5H2,1-3H3. The summed E-state index contributed by atoms with van der Waals surface area (Å²) in [4.78, 5) is 10.3. The van der Waals surface area contributed by atoms with Gasteiger partial charge in [-0.3, -0.25) is 0 Å². The molecule has 1 aromatic carbocycles. The van der Waals surface area contributed by atoms with Crippen molar-refractivity contribution in [1.29, 1.82) is 0 Å². The van der Waals surface area contributed by atoms with E-state index in [-0.39, 0.29) is 0 Å². The Labute approximate surface area is 86.1 Å². The zero-order valence-electron chi connectivity index (χ0n) is 9.21. The number of hydrogen-bond donors (Lipinski definition) is 0. The summed E-state index contributed by atoms with van der Waals surface area (Å²) in [5.41, 5.74) is 3.99. The van der Waals surface area contributed by atoms with E-state index in [2.05, 4.69) is 39.0 Å². The van der Waals surface area contributed by atoms with Crippen LogP contribution in [0, 0.1) is 6.92 Å². The monoisotopic (exact) mass is 190 g/mol. The van der Waals surface area contributed by atoms with E-state index in [1.54, 1.807) is 0 Å². The van der Waals surface area contributed by atoms with E-state index in [0.29, 0.717) is 12.3 Å². The van der Waals surface area contributed by atoms with Crippen molar-refractivity contribution >= 4 is 6.29 Å². The van der Waals surface area contributed by atoms with Crippen LogP contribution in [-0.2, 0) is 11.2 Å². The third kappa shape index (κ3) is 2.69. The maximum Gasteiger partial charge on any atom is 0.120 e. The molecule has 0 saturated heterocycles. The fourth-order valence-corrected chi connectivity index (χ4v) is 1.69. The van der Waals surface area contributed by atoms with Gasteiger partial charge in [-0.05, 0) is 30.4 Å². The summed E-state index contributed by atoms with van der Waals surface area (Å²) >= 11 is 0. The van der Waals surface area contributed by atoms with Gasteiger partial charge in [0.15, 0.2) is 0 Å². The number of aryl methyl sites for hydroxylation is 2. The van der Waals surface area contributed by atoms with Crippen LogP contribution in [0.15, 0.2) is 18.2 Å². The van der Waals surface area contributed by atoms with E-state index in [0.717, 1.165) is 12.7 Å². The molecule has 0 fully saturated rings. The first kappa shape index (κ1) is 11.0. The van der Waals surface area contributed by atoms with Crippen LogP contribution >= 0.6 is 0 Å². The van der Waals surface area contributed by atoms with E-state index in [1.165, 1.54) is 16.7 Å². The van der Waals surface area contributed by atoms with Crippen LogP contribution in [0.3, 0.4) is 0 Å². The molecular formula is C13H18O. The Balaban J connectivity index is 2.95. The Bertz CT molecular complexity index is 313. The Hall–Kier alpha value is -1.11. The molecule has 0 radical (unpaired) electrons. The Morgan fingerprint density at radius 1 is 1.36 bits per heavy atom. The molecule has 0 heterocycles. The van der Waals surface area contributed by atoms with Crippen molar-refractivity contribution in [1.82, 2.24) is 0 Å². The van der Waals surface area contributed by atoms with Crippen LogP contribution < -0.4 is 0 Å². The predicted octanol–water partition coefficient (Wildman–Crippen LogP) is 3.25. The average Bonchev–Trinajstić information content (AvgIpc) is 2.15. The average molecular weight is 190 g/mol. The summed E-state index contributed by atoms with van der Waals surface area (Å²) in [6, 6.07) is 6.49. The second kappa shape index (κ2) is 4.94. The highest BCUT2D eigenvalue weighted by molar-refractivity contribution is 5.50. The molecule has 0 spiro atoms. The van der Waals surface area contributed by atoms with Crippen molar-refractivity contribution in [2.24, 2.45) is 0 Å². The van der Waals surface area contributed by atoms with E-state index >= 15 is 0 Å². The minimum absolute atomic E-state index is 0.538. The number of hydrogen-bond acceptors (Lipinski definition) is 1. The van der Waals surface area contributed by atoms with Crippen molar-refractivity contribution < 1.29 is 4.79 Å². The van der Waals surface area contributed by atoms with Gasteiger partial charge in [0, 0.05) is 6.42 Å². The molecule has 0 unspecified atom stereocenters. The molecule has 0 atom stereocenters. The third-order valence-electron chi connectivity index (χ3n) is 2.45. The topological polar surface area (TPSA) is 17.1 Å². The van der Waals surface area contributed by atoms with Gasteiger partial charge < -0.3 is 4.79 Å². The van der Waals surface area contributed by atoms with Crippen molar-refractivity contribution in [3.05, 3.63) is 34.9 Å². The normalized spacial score (nSPS) is 10.6. The smallest absolute Gasteiger partial charge is 0.120 e. The number of aldehydes is 1. The van der Waals surface area contributed by atoms with Crippen LogP contribution in [0.5, 0.6) is 0 Å². The van der Waals surface area contributed by atoms with Crippen molar-refractivity contribution in [2.45, 2.75) is 39.5 Å². The highest BCUT2D eigenvalue weighted by Crippen LogP contribution is 2.21.